The highest BCUT2D eigenvalue weighted by Crippen LogP contribution is 2.11. The molecule has 0 unspecified atom stereocenters. The predicted octanol–water partition coefficient (Wildman–Crippen LogP) is 1.22. The summed E-state index contributed by atoms with van der Waals surface area (Å²) in [6.07, 6.45) is 1.66. The lowest BCUT2D eigenvalue weighted by Gasteiger charge is -2.07. The summed E-state index contributed by atoms with van der Waals surface area (Å²) >= 11 is 0. The van der Waals surface area contributed by atoms with Gasteiger partial charge in [-0.1, -0.05) is 24.3 Å². The van der Waals surface area contributed by atoms with Gasteiger partial charge in [-0.15, -0.1) is 0 Å². The number of aryl methyl sites for hydroxylation is 1. The summed E-state index contributed by atoms with van der Waals surface area (Å²) in [5, 5.41) is 5.00. The Labute approximate surface area is 101 Å². The van der Waals surface area contributed by atoms with Crippen LogP contribution in [0.1, 0.15) is 18.1 Å². The van der Waals surface area contributed by atoms with Crippen LogP contribution in [0.2, 0.25) is 0 Å². The Bertz CT molecular complexity index is 464. The van der Waals surface area contributed by atoms with Crippen LogP contribution in [0.15, 0.2) is 30.0 Å². The molecular weight excluding hydrogens is 216 g/mol. The monoisotopic (exact) mass is 232 g/mol. The Hall–Kier alpha value is -2.10. The van der Waals surface area contributed by atoms with Crippen molar-refractivity contribution < 1.29 is 9.59 Å². The molecule has 4 heteroatoms. The van der Waals surface area contributed by atoms with Gasteiger partial charge >= 0.3 is 0 Å². The second-order valence-electron chi connectivity index (χ2n) is 3.67. The van der Waals surface area contributed by atoms with Crippen LogP contribution in [0.3, 0.4) is 0 Å². The number of hydrogen-bond donors (Lipinski definition) is 2. The Kier molecular flexibility index (Phi) is 4.46. The van der Waals surface area contributed by atoms with Crippen LogP contribution in [-0.2, 0) is 9.59 Å². The van der Waals surface area contributed by atoms with Crippen molar-refractivity contribution in [2.75, 3.05) is 7.05 Å². The molecule has 0 radical (unpaired) electrons. The fraction of sp³-hybridized carbons (Fsp3) is 0.231. The number of benzene rings is 1. The molecule has 0 aliphatic carbocycles. The van der Waals surface area contributed by atoms with Crippen molar-refractivity contribution in [3.05, 3.63) is 41.1 Å². The number of likely N-dealkylation sites (N-methyl/N-ethyl adjacent to an activating group) is 1. The van der Waals surface area contributed by atoms with Crippen molar-refractivity contribution in [3.8, 4) is 0 Å². The lowest BCUT2D eigenvalue weighted by Crippen LogP contribution is -2.31. The van der Waals surface area contributed by atoms with E-state index in [1.54, 1.807) is 6.08 Å². The number of rotatable bonds is 3. The first-order chi connectivity index (χ1) is 8.04. The third-order valence-electron chi connectivity index (χ3n) is 2.27. The smallest absolute Gasteiger partial charge is 0.267 e. The van der Waals surface area contributed by atoms with Gasteiger partial charge in [0.05, 0.1) is 0 Å². The Balaban J connectivity index is 3.09. The van der Waals surface area contributed by atoms with Crippen molar-refractivity contribution in [1.29, 1.82) is 0 Å². The summed E-state index contributed by atoms with van der Waals surface area (Å²) in [6, 6.07) is 7.64. The van der Waals surface area contributed by atoms with Gasteiger partial charge in [0.25, 0.3) is 5.91 Å². The van der Waals surface area contributed by atoms with Crippen molar-refractivity contribution in [2.45, 2.75) is 13.8 Å². The van der Waals surface area contributed by atoms with Gasteiger partial charge < -0.3 is 10.6 Å². The van der Waals surface area contributed by atoms with Crippen LogP contribution >= 0.6 is 0 Å². The molecular formula is C13H16N2O2. The summed E-state index contributed by atoms with van der Waals surface area (Å²) in [6.45, 7) is 3.32. The van der Waals surface area contributed by atoms with Gasteiger partial charge in [0, 0.05) is 14.0 Å². The number of carbonyl (C=O) groups is 2. The zero-order valence-electron chi connectivity index (χ0n) is 10.2. The SMILES string of the molecule is CNC(=O)/C(=C/c1ccccc1C)NC(C)=O. The highest BCUT2D eigenvalue weighted by atomic mass is 16.2. The topological polar surface area (TPSA) is 58.2 Å². The standard InChI is InChI=1S/C13H16N2O2/c1-9-6-4-5-7-11(9)8-12(13(17)14-3)15-10(2)16/h4-8H,1-3H3,(H,14,17)(H,15,16)/b12-8-. The van der Waals surface area contributed by atoms with E-state index in [4.69, 9.17) is 0 Å². The summed E-state index contributed by atoms with van der Waals surface area (Å²) in [7, 11) is 1.52. The lowest BCUT2D eigenvalue weighted by molar-refractivity contribution is -0.122. The predicted molar refractivity (Wildman–Crippen MR) is 67.0 cm³/mol. The minimum Gasteiger partial charge on any atom is -0.354 e. The first kappa shape index (κ1) is 13.0. The normalized spacial score (nSPS) is 10.9. The van der Waals surface area contributed by atoms with E-state index in [0.29, 0.717) is 0 Å². The number of carbonyl (C=O) groups excluding carboxylic acids is 2. The highest BCUT2D eigenvalue weighted by molar-refractivity contribution is 6.00. The average Bonchev–Trinajstić information content (AvgIpc) is 2.29. The van der Waals surface area contributed by atoms with E-state index < -0.39 is 0 Å². The van der Waals surface area contributed by atoms with Crippen LogP contribution in [0, 0.1) is 6.92 Å². The van der Waals surface area contributed by atoms with E-state index in [2.05, 4.69) is 10.6 Å². The van der Waals surface area contributed by atoms with E-state index in [-0.39, 0.29) is 17.5 Å². The van der Waals surface area contributed by atoms with E-state index in [1.807, 2.05) is 31.2 Å². The zero-order chi connectivity index (χ0) is 12.8. The fourth-order valence-electron chi connectivity index (χ4n) is 1.39. The summed E-state index contributed by atoms with van der Waals surface area (Å²) in [5.41, 5.74) is 2.19. The molecule has 0 spiro atoms. The molecule has 0 atom stereocenters. The summed E-state index contributed by atoms with van der Waals surface area (Å²) in [4.78, 5) is 22.6. The molecule has 0 aromatic heterocycles. The maximum atomic E-state index is 11.6. The largest absolute Gasteiger partial charge is 0.354 e. The molecule has 2 N–H and O–H groups in total. The number of hydrogen-bond acceptors (Lipinski definition) is 2. The van der Waals surface area contributed by atoms with Gasteiger partial charge in [-0.3, -0.25) is 9.59 Å². The van der Waals surface area contributed by atoms with Crippen LogP contribution in [0.25, 0.3) is 6.08 Å². The quantitative estimate of drug-likeness (QED) is 0.770. The average molecular weight is 232 g/mol. The van der Waals surface area contributed by atoms with Gasteiger partial charge in [-0.05, 0) is 24.1 Å². The zero-order valence-corrected chi connectivity index (χ0v) is 10.2. The molecule has 1 aromatic rings. The maximum absolute atomic E-state index is 11.6. The van der Waals surface area contributed by atoms with Gasteiger partial charge in [-0.25, -0.2) is 0 Å². The molecule has 2 amide bonds. The van der Waals surface area contributed by atoms with Crippen LogP contribution in [0.5, 0.6) is 0 Å². The molecule has 17 heavy (non-hydrogen) atoms. The Morgan fingerprint density at radius 1 is 1.24 bits per heavy atom. The summed E-state index contributed by atoms with van der Waals surface area (Å²) in [5.74, 6) is -0.586. The van der Waals surface area contributed by atoms with Gasteiger partial charge in [0.2, 0.25) is 5.91 Å². The molecule has 0 saturated heterocycles. The minimum atomic E-state index is -0.316. The molecule has 0 aliphatic rings. The molecule has 0 heterocycles. The van der Waals surface area contributed by atoms with Crippen LogP contribution in [0.4, 0.5) is 0 Å². The Morgan fingerprint density at radius 2 is 1.88 bits per heavy atom. The molecule has 90 valence electrons. The van der Waals surface area contributed by atoms with Crippen molar-refractivity contribution >= 4 is 17.9 Å². The summed E-state index contributed by atoms with van der Waals surface area (Å²) < 4.78 is 0. The lowest BCUT2D eigenvalue weighted by atomic mass is 10.1. The Morgan fingerprint density at radius 3 is 2.41 bits per heavy atom. The maximum Gasteiger partial charge on any atom is 0.267 e. The highest BCUT2D eigenvalue weighted by Gasteiger charge is 2.09. The second-order valence-corrected chi connectivity index (χ2v) is 3.67. The van der Waals surface area contributed by atoms with Crippen molar-refractivity contribution in [2.24, 2.45) is 0 Å². The number of amides is 2. The minimum absolute atomic E-state index is 0.245. The second kappa shape index (κ2) is 5.84. The molecule has 0 saturated carbocycles. The number of nitrogens with one attached hydrogen (secondary N) is 2. The third kappa shape index (κ3) is 3.75. The van der Waals surface area contributed by atoms with Crippen molar-refractivity contribution in [3.63, 3.8) is 0 Å². The van der Waals surface area contributed by atoms with E-state index in [1.165, 1.54) is 14.0 Å². The van der Waals surface area contributed by atoms with E-state index in [9.17, 15) is 9.59 Å². The molecule has 1 aromatic carbocycles. The first-order valence-electron chi connectivity index (χ1n) is 5.31. The van der Waals surface area contributed by atoms with E-state index in [0.717, 1.165) is 11.1 Å². The van der Waals surface area contributed by atoms with Crippen LogP contribution < -0.4 is 10.6 Å². The molecule has 0 fully saturated rings. The van der Waals surface area contributed by atoms with Crippen LogP contribution in [-0.4, -0.2) is 18.9 Å². The molecule has 4 nitrogen and oxygen atoms in total. The molecule has 0 aliphatic heterocycles. The molecule has 1 rings (SSSR count). The molecule has 0 bridgehead atoms. The first-order valence-corrected chi connectivity index (χ1v) is 5.31. The van der Waals surface area contributed by atoms with Gasteiger partial charge in [0.15, 0.2) is 0 Å². The van der Waals surface area contributed by atoms with Gasteiger partial charge in [0.1, 0.15) is 5.70 Å². The third-order valence-corrected chi connectivity index (χ3v) is 2.27. The van der Waals surface area contributed by atoms with Crippen molar-refractivity contribution in [1.82, 2.24) is 10.6 Å². The fourth-order valence-corrected chi connectivity index (χ4v) is 1.39. The van der Waals surface area contributed by atoms with E-state index >= 15 is 0 Å². The van der Waals surface area contributed by atoms with Gasteiger partial charge in [-0.2, -0.15) is 0 Å².